The van der Waals surface area contributed by atoms with Crippen LogP contribution in [-0.4, -0.2) is 68.9 Å². The Morgan fingerprint density at radius 3 is 1.74 bits per heavy atom. The fourth-order valence-corrected chi connectivity index (χ4v) is 7.90. The third-order valence-corrected chi connectivity index (χ3v) is 13.0. The topological polar surface area (TPSA) is 106 Å². The highest BCUT2D eigenvalue weighted by Gasteiger charge is 2.15. The lowest BCUT2D eigenvalue weighted by Crippen LogP contribution is -2.22. The van der Waals surface area contributed by atoms with Crippen molar-refractivity contribution in [1.82, 2.24) is 39.5 Å². The van der Waals surface area contributed by atoms with Crippen molar-refractivity contribution in [3.8, 4) is 21.4 Å². The number of rotatable bonds is 12. The molecule has 0 atom stereocenters. The Labute approximate surface area is 294 Å². The van der Waals surface area contributed by atoms with Crippen LogP contribution in [0.5, 0.6) is 0 Å². The Morgan fingerprint density at radius 1 is 0.681 bits per heavy atom. The van der Waals surface area contributed by atoms with Crippen LogP contribution in [0.3, 0.4) is 0 Å². The minimum Gasteiger partial charge on any atom is -0.361 e. The van der Waals surface area contributed by atoms with Crippen LogP contribution in [0.4, 0.5) is 0 Å². The maximum Gasteiger partial charge on any atom is 0.166 e. The first kappa shape index (κ1) is 35.6. The van der Waals surface area contributed by atoms with Crippen molar-refractivity contribution < 1.29 is 9.47 Å². The highest BCUT2D eigenvalue weighted by molar-refractivity contribution is 9.10. The van der Waals surface area contributed by atoms with Crippen LogP contribution in [-0.2, 0) is 22.9 Å². The Balaban J connectivity index is 0.000000185. The molecule has 250 valence electrons. The number of fused-ring (bicyclic) bond motifs is 2. The fourth-order valence-electron chi connectivity index (χ4n) is 4.50. The van der Waals surface area contributed by atoms with Crippen LogP contribution >= 0.6 is 38.6 Å². The lowest BCUT2D eigenvalue weighted by Gasteiger charge is -2.15. The first-order valence-corrected chi connectivity index (χ1v) is 25.5. The van der Waals surface area contributed by atoms with E-state index >= 15 is 0 Å². The molecule has 0 aliphatic heterocycles. The molecule has 6 heterocycles. The van der Waals surface area contributed by atoms with Crippen molar-refractivity contribution in [3.63, 3.8) is 0 Å². The van der Waals surface area contributed by atoms with Crippen molar-refractivity contribution in [2.45, 2.75) is 78.7 Å². The molecule has 15 heteroatoms. The standard InChI is InChI=1S/C16H21BrN4OSSi.C16H22N4OSSi/c1-11-19-20-16(23-11)14-6-5-12-13(17)9-21(15(12)18-14)10-22-7-8-24(2,3)4;1-12-18-19-16(22-12)14-6-5-13-7-8-20(15(13)17-14)11-21-9-10-23(2,3)4/h5-6,9H,7-8,10H2,1-4H3;5-8H,9-11H2,1-4H3. The van der Waals surface area contributed by atoms with E-state index in [2.05, 4.69) is 98.4 Å². The molecule has 6 aromatic heterocycles. The highest BCUT2D eigenvalue weighted by atomic mass is 79.9. The van der Waals surface area contributed by atoms with Crippen LogP contribution in [0.15, 0.2) is 47.2 Å². The second-order valence-electron chi connectivity index (χ2n) is 13.9. The third-order valence-electron chi connectivity index (χ3n) is 7.23. The van der Waals surface area contributed by atoms with Gasteiger partial charge in [-0.1, -0.05) is 62.0 Å². The average molecular weight is 772 g/mol. The average Bonchev–Trinajstić information content (AvgIpc) is 3.80. The molecule has 6 aromatic rings. The molecule has 0 N–H and O–H groups in total. The number of pyridine rings is 2. The molecular formula is C32H43BrN8O2S2Si2. The van der Waals surface area contributed by atoms with Gasteiger partial charge in [-0.05, 0) is 72.2 Å². The Bertz CT molecular complexity index is 1940. The van der Waals surface area contributed by atoms with Crippen molar-refractivity contribution in [2.24, 2.45) is 0 Å². The van der Waals surface area contributed by atoms with Crippen LogP contribution < -0.4 is 0 Å². The van der Waals surface area contributed by atoms with Crippen LogP contribution in [0.1, 0.15) is 10.0 Å². The third kappa shape index (κ3) is 9.93. The van der Waals surface area contributed by atoms with E-state index in [1.54, 1.807) is 22.7 Å². The molecule has 0 fully saturated rings. The molecule has 0 unspecified atom stereocenters. The molecule has 0 aliphatic rings. The van der Waals surface area contributed by atoms with Gasteiger partial charge >= 0.3 is 0 Å². The lowest BCUT2D eigenvalue weighted by atomic mass is 10.3. The van der Waals surface area contributed by atoms with Crippen LogP contribution in [0.2, 0.25) is 51.4 Å². The van der Waals surface area contributed by atoms with E-state index in [1.807, 2.05) is 42.9 Å². The number of halogens is 1. The lowest BCUT2D eigenvalue weighted by molar-refractivity contribution is 0.0897. The quantitative estimate of drug-likeness (QED) is 0.0897. The first-order chi connectivity index (χ1) is 22.3. The molecule has 0 radical (unpaired) electrons. The second kappa shape index (κ2) is 15.3. The van der Waals surface area contributed by atoms with Gasteiger partial charge in [-0.2, -0.15) is 0 Å². The molecule has 6 rings (SSSR count). The highest BCUT2D eigenvalue weighted by Crippen LogP contribution is 2.29. The zero-order valence-electron chi connectivity index (χ0n) is 28.4. The Morgan fingerprint density at radius 2 is 1.21 bits per heavy atom. The van der Waals surface area contributed by atoms with Crippen LogP contribution in [0.25, 0.3) is 43.5 Å². The van der Waals surface area contributed by atoms with Gasteiger partial charge in [0.15, 0.2) is 10.0 Å². The van der Waals surface area contributed by atoms with Gasteiger partial charge < -0.3 is 18.6 Å². The maximum atomic E-state index is 5.88. The SMILES string of the molecule is Cc1nnc(-c2ccc3c(Br)cn(COCC[Si](C)(C)C)c3n2)s1.Cc1nnc(-c2ccc3ccn(COCC[Si](C)(C)C)c3n2)s1. The fraction of sp³-hybridized carbons (Fsp3) is 0.438. The minimum absolute atomic E-state index is 0.512. The zero-order valence-corrected chi connectivity index (χ0v) is 33.6. The van der Waals surface area contributed by atoms with E-state index in [0.717, 1.165) is 77.2 Å². The van der Waals surface area contributed by atoms with Gasteiger partial charge in [0.05, 0.1) is 0 Å². The molecule has 47 heavy (non-hydrogen) atoms. The maximum absolute atomic E-state index is 5.88. The number of nitrogens with zero attached hydrogens (tertiary/aromatic N) is 8. The van der Waals surface area contributed by atoms with Gasteiger partial charge in [0.1, 0.15) is 46.2 Å². The summed E-state index contributed by atoms with van der Waals surface area (Å²) in [4.78, 5) is 9.52. The predicted octanol–water partition coefficient (Wildman–Crippen LogP) is 9.11. The Hall–Kier alpha value is -2.67. The largest absolute Gasteiger partial charge is 0.361 e. The van der Waals surface area contributed by atoms with Crippen LogP contribution in [0, 0.1) is 13.8 Å². The van der Waals surface area contributed by atoms with Crippen molar-refractivity contribution in [2.75, 3.05) is 13.2 Å². The van der Waals surface area contributed by atoms with Gasteiger partial charge in [-0.25, -0.2) is 9.97 Å². The summed E-state index contributed by atoms with van der Waals surface area (Å²) in [6.07, 6.45) is 4.06. The van der Waals surface area contributed by atoms with Gasteiger partial charge in [0.2, 0.25) is 0 Å². The molecular weight excluding hydrogens is 729 g/mol. The van der Waals surface area contributed by atoms with E-state index in [0.29, 0.717) is 13.5 Å². The summed E-state index contributed by atoms with van der Waals surface area (Å²) in [5.41, 5.74) is 3.55. The minimum atomic E-state index is -1.07. The second-order valence-corrected chi connectivity index (χ2v) is 28.3. The number of aryl methyl sites for hydroxylation is 2. The summed E-state index contributed by atoms with van der Waals surface area (Å²) in [7, 11) is -2.11. The van der Waals surface area contributed by atoms with E-state index in [1.165, 1.54) is 6.04 Å². The molecule has 0 saturated heterocycles. The van der Waals surface area contributed by atoms with Gasteiger partial charge in [0, 0.05) is 57.0 Å². The summed E-state index contributed by atoms with van der Waals surface area (Å²) in [6, 6.07) is 12.5. The zero-order chi connectivity index (χ0) is 33.8. The van der Waals surface area contributed by atoms with E-state index < -0.39 is 16.1 Å². The molecule has 10 nitrogen and oxygen atoms in total. The molecule has 0 amide bonds. The van der Waals surface area contributed by atoms with Crippen molar-refractivity contribution in [3.05, 3.63) is 57.2 Å². The van der Waals surface area contributed by atoms with Crippen molar-refractivity contribution >= 4 is 76.8 Å². The molecule has 0 bridgehead atoms. The Kier molecular flexibility index (Phi) is 11.6. The van der Waals surface area contributed by atoms with Gasteiger partial charge in [-0.15, -0.1) is 20.4 Å². The molecule has 0 spiro atoms. The van der Waals surface area contributed by atoms with E-state index in [4.69, 9.17) is 19.4 Å². The number of hydrogen-bond acceptors (Lipinski definition) is 10. The van der Waals surface area contributed by atoms with Gasteiger partial charge in [-0.3, -0.25) is 0 Å². The van der Waals surface area contributed by atoms with Crippen molar-refractivity contribution in [1.29, 1.82) is 0 Å². The summed E-state index contributed by atoms with van der Waals surface area (Å²) in [5, 5.41) is 22.3. The number of aromatic nitrogens is 8. The predicted molar refractivity (Wildman–Crippen MR) is 203 cm³/mol. The smallest absolute Gasteiger partial charge is 0.166 e. The number of ether oxygens (including phenoxy) is 2. The van der Waals surface area contributed by atoms with E-state index in [9.17, 15) is 0 Å². The summed E-state index contributed by atoms with van der Waals surface area (Å²) in [5.74, 6) is 0. The summed E-state index contributed by atoms with van der Waals surface area (Å²) < 4.78 is 16.8. The normalized spacial score (nSPS) is 12.2. The summed E-state index contributed by atoms with van der Waals surface area (Å²) >= 11 is 6.72. The number of hydrogen-bond donors (Lipinski definition) is 0. The molecule has 0 aromatic carbocycles. The molecule has 0 saturated carbocycles. The summed E-state index contributed by atoms with van der Waals surface area (Å²) in [6.45, 7) is 20.7. The van der Waals surface area contributed by atoms with Gasteiger partial charge in [0.25, 0.3) is 0 Å². The first-order valence-electron chi connectivity index (χ1n) is 15.6. The molecule has 0 aliphatic carbocycles. The monoisotopic (exact) mass is 770 g/mol. The van der Waals surface area contributed by atoms with E-state index in [-0.39, 0.29) is 0 Å².